The predicted molar refractivity (Wildman–Crippen MR) is 68.8 cm³/mol. The summed E-state index contributed by atoms with van der Waals surface area (Å²) in [6.07, 6.45) is 3.89. The summed E-state index contributed by atoms with van der Waals surface area (Å²) < 4.78 is 0. The number of nitrogens with one attached hydrogen (secondary N) is 2. The first-order valence-corrected chi connectivity index (χ1v) is 6.15. The summed E-state index contributed by atoms with van der Waals surface area (Å²) in [5.41, 5.74) is 2.05. The number of carbonyl (C=O) groups excluding carboxylic acids is 1. The topological polar surface area (TPSA) is 81.8 Å². The van der Waals surface area contributed by atoms with Crippen molar-refractivity contribution in [1.82, 2.24) is 19.9 Å². The number of carbonyl (C=O) groups is 1. The van der Waals surface area contributed by atoms with E-state index in [1.807, 2.05) is 6.07 Å². The van der Waals surface area contributed by atoms with Gasteiger partial charge in [-0.1, -0.05) is 0 Å². The maximum atomic E-state index is 12.3. The molecule has 3 heterocycles. The van der Waals surface area contributed by atoms with Crippen LogP contribution >= 0.6 is 0 Å². The molecule has 0 radical (unpaired) electrons. The monoisotopic (exact) mass is 258 g/mol. The number of aromatic amines is 2. The standard InChI is InChI=1S/C13H14N4O2/c1-8-15-6-11(16-8)13(19)17-5-3-9-2-4-14-12(18)10(9)7-17/h2,4,6H,3,5,7H2,1H3,(H,14,18)(H,15,16). The number of H-pyrrole nitrogens is 2. The van der Waals surface area contributed by atoms with Gasteiger partial charge in [0.2, 0.25) is 0 Å². The highest BCUT2D eigenvalue weighted by atomic mass is 16.2. The van der Waals surface area contributed by atoms with Crippen LogP contribution in [-0.2, 0) is 13.0 Å². The smallest absolute Gasteiger partial charge is 0.272 e. The molecule has 2 aromatic heterocycles. The second-order valence-corrected chi connectivity index (χ2v) is 4.67. The summed E-state index contributed by atoms with van der Waals surface area (Å²) in [4.78, 5) is 35.3. The number of nitrogens with zero attached hydrogens (tertiary/aromatic N) is 2. The molecule has 6 nitrogen and oxygen atoms in total. The molecule has 0 unspecified atom stereocenters. The van der Waals surface area contributed by atoms with E-state index in [1.165, 1.54) is 6.20 Å². The van der Waals surface area contributed by atoms with Gasteiger partial charge in [-0.2, -0.15) is 0 Å². The van der Waals surface area contributed by atoms with Crippen molar-refractivity contribution < 1.29 is 4.79 Å². The third-order valence-electron chi connectivity index (χ3n) is 3.38. The van der Waals surface area contributed by atoms with Gasteiger partial charge in [0.25, 0.3) is 11.5 Å². The minimum Gasteiger partial charge on any atom is -0.338 e. The maximum Gasteiger partial charge on any atom is 0.272 e. The average Bonchev–Trinajstić information content (AvgIpc) is 2.85. The van der Waals surface area contributed by atoms with Crippen LogP contribution in [0.1, 0.15) is 27.4 Å². The summed E-state index contributed by atoms with van der Waals surface area (Å²) in [6.45, 7) is 2.77. The normalized spacial score (nSPS) is 14.3. The molecule has 0 saturated carbocycles. The summed E-state index contributed by atoms with van der Waals surface area (Å²) in [5, 5.41) is 0. The van der Waals surface area contributed by atoms with E-state index in [0.717, 1.165) is 5.56 Å². The van der Waals surface area contributed by atoms with Crippen molar-refractivity contribution in [3.05, 3.63) is 51.5 Å². The Balaban J connectivity index is 1.88. The van der Waals surface area contributed by atoms with Gasteiger partial charge in [0.15, 0.2) is 0 Å². The highest BCUT2D eigenvalue weighted by Gasteiger charge is 2.24. The maximum absolute atomic E-state index is 12.3. The van der Waals surface area contributed by atoms with Gasteiger partial charge >= 0.3 is 0 Å². The highest BCUT2D eigenvalue weighted by Crippen LogP contribution is 2.16. The molecule has 1 amide bonds. The molecular formula is C13H14N4O2. The van der Waals surface area contributed by atoms with Crippen LogP contribution in [0.3, 0.4) is 0 Å². The molecule has 0 aliphatic carbocycles. The first-order chi connectivity index (χ1) is 9.15. The largest absolute Gasteiger partial charge is 0.338 e. The lowest BCUT2D eigenvalue weighted by Crippen LogP contribution is -2.38. The molecule has 3 rings (SSSR count). The van der Waals surface area contributed by atoms with Crippen LogP contribution in [0.25, 0.3) is 0 Å². The predicted octanol–water partition coefficient (Wildman–Crippen LogP) is 0.605. The molecule has 0 saturated heterocycles. The number of hydrogen-bond acceptors (Lipinski definition) is 3. The van der Waals surface area contributed by atoms with E-state index < -0.39 is 0 Å². The number of amides is 1. The lowest BCUT2D eigenvalue weighted by atomic mass is 10.0. The lowest BCUT2D eigenvalue weighted by Gasteiger charge is -2.27. The number of fused-ring (bicyclic) bond motifs is 1. The molecule has 0 spiro atoms. The molecule has 0 bridgehead atoms. The van der Waals surface area contributed by atoms with Crippen LogP contribution in [-0.4, -0.2) is 32.3 Å². The number of rotatable bonds is 1. The first-order valence-electron chi connectivity index (χ1n) is 6.15. The Morgan fingerprint density at radius 2 is 2.32 bits per heavy atom. The Kier molecular flexibility index (Phi) is 2.70. The van der Waals surface area contributed by atoms with Crippen LogP contribution in [0.5, 0.6) is 0 Å². The van der Waals surface area contributed by atoms with Crippen molar-refractivity contribution in [2.24, 2.45) is 0 Å². The summed E-state index contributed by atoms with van der Waals surface area (Å²) in [5.74, 6) is 0.591. The minimum absolute atomic E-state index is 0.115. The molecule has 19 heavy (non-hydrogen) atoms. The SMILES string of the molecule is Cc1ncc(C(=O)N2CCc3cc[nH]c(=O)c3C2)[nH]1. The van der Waals surface area contributed by atoms with Crippen LogP contribution in [0, 0.1) is 6.92 Å². The van der Waals surface area contributed by atoms with Gasteiger partial charge in [-0.25, -0.2) is 4.98 Å². The summed E-state index contributed by atoms with van der Waals surface area (Å²) >= 11 is 0. The third-order valence-corrected chi connectivity index (χ3v) is 3.38. The Morgan fingerprint density at radius 3 is 3.05 bits per heavy atom. The van der Waals surface area contributed by atoms with Crippen molar-refractivity contribution in [2.75, 3.05) is 6.54 Å². The number of aryl methyl sites for hydroxylation is 1. The molecule has 0 aromatic carbocycles. The van der Waals surface area contributed by atoms with E-state index in [0.29, 0.717) is 36.6 Å². The quantitative estimate of drug-likeness (QED) is 0.786. The Hall–Kier alpha value is -2.37. The van der Waals surface area contributed by atoms with E-state index in [1.54, 1.807) is 18.0 Å². The molecule has 2 N–H and O–H groups in total. The molecule has 0 atom stereocenters. The lowest BCUT2D eigenvalue weighted by molar-refractivity contribution is 0.0728. The molecule has 1 aliphatic rings. The van der Waals surface area contributed by atoms with Crippen molar-refractivity contribution in [3.8, 4) is 0 Å². The minimum atomic E-state index is -0.116. The zero-order valence-corrected chi connectivity index (χ0v) is 10.6. The number of hydrogen-bond donors (Lipinski definition) is 2. The van der Waals surface area contributed by atoms with Crippen molar-refractivity contribution in [2.45, 2.75) is 19.9 Å². The second kappa shape index (κ2) is 4.38. The van der Waals surface area contributed by atoms with Gasteiger partial charge in [-0.3, -0.25) is 9.59 Å². The van der Waals surface area contributed by atoms with Gasteiger partial charge in [0.1, 0.15) is 11.5 Å². The Labute approximate surface area is 109 Å². The van der Waals surface area contributed by atoms with Crippen molar-refractivity contribution >= 4 is 5.91 Å². The Bertz CT molecular complexity index is 686. The van der Waals surface area contributed by atoms with Crippen LogP contribution in [0.15, 0.2) is 23.3 Å². The zero-order valence-electron chi connectivity index (χ0n) is 10.6. The molecule has 98 valence electrons. The average molecular weight is 258 g/mol. The van der Waals surface area contributed by atoms with Gasteiger partial charge in [0, 0.05) is 18.3 Å². The fourth-order valence-electron chi connectivity index (χ4n) is 2.36. The van der Waals surface area contributed by atoms with Gasteiger partial charge < -0.3 is 14.9 Å². The first kappa shape index (κ1) is 11.7. The van der Waals surface area contributed by atoms with Crippen molar-refractivity contribution in [1.29, 1.82) is 0 Å². The van der Waals surface area contributed by atoms with Gasteiger partial charge in [-0.05, 0) is 25.0 Å². The van der Waals surface area contributed by atoms with Crippen LogP contribution < -0.4 is 5.56 Å². The number of aromatic nitrogens is 3. The van der Waals surface area contributed by atoms with E-state index in [-0.39, 0.29) is 11.5 Å². The molecule has 1 aliphatic heterocycles. The second-order valence-electron chi connectivity index (χ2n) is 4.67. The van der Waals surface area contributed by atoms with E-state index in [4.69, 9.17) is 0 Å². The van der Waals surface area contributed by atoms with Crippen LogP contribution in [0.4, 0.5) is 0 Å². The van der Waals surface area contributed by atoms with Crippen LogP contribution in [0.2, 0.25) is 0 Å². The van der Waals surface area contributed by atoms with E-state index in [2.05, 4.69) is 15.0 Å². The molecule has 6 heteroatoms. The summed E-state index contributed by atoms with van der Waals surface area (Å²) in [7, 11) is 0. The van der Waals surface area contributed by atoms with Crippen molar-refractivity contribution in [3.63, 3.8) is 0 Å². The van der Waals surface area contributed by atoms with E-state index >= 15 is 0 Å². The highest BCUT2D eigenvalue weighted by molar-refractivity contribution is 5.92. The summed E-state index contributed by atoms with van der Waals surface area (Å²) in [6, 6.07) is 1.90. The zero-order chi connectivity index (χ0) is 13.4. The number of imidazole rings is 1. The molecular weight excluding hydrogens is 244 g/mol. The van der Waals surface area contributed by atoms with Gasteiger partial charge in [0.05, 0.1) is 12.7 Å². The molecule has 2 aromatic rings. The molecule has 0 fully saturated rings. The third kappa shape index (κ3) is 2.05. The fraction of sp³-hybridized carbons (Fsp3) is 0.308. The Morgan fingerprint density at radius 1 is 1.47 bits per heavy atom. The van der Waals surface area contributed by atoms with E-state index in [9.17, 15) is 9.59 Å². The number of pyridine rings is 1. The van der Waals surface area contributed by atoms with Gasteiger partial charge in [-0.15, -0.1) is 0 Å². The fourth-order valence-corrected chi connectivity index (χ4v) is 2.36.